The fourth-order valence-corrected chi connectivity index (χ4v) is 4.55. The lowest BCUT2D eigenvalue weighted by Gasteiger charge is -2.41. The summed E-state index contributed by atoms with van der Waals surface area (Å²) in [4.78, 5) is 26.4. The number of carbonyl (C=O) groups is 2. The molecule has 2 aliphatic heterocycles. The summed E-state index contributed by atoms with van der Waals surface area (Å²) in [6.07, 6.45) is 0.0905. The van der Waals surface area contributed by atoms with Crippen molar-refractivity contribution < 1.29 is 19.1 Å². The minimum atomic E-state index is -1.31. The SMILES string of the molecule is COC(=O)C1(C(C)=O)CC(C#N)=C(N2CCOCC2)C(C)S1. The predicted octanol–water partition coefficient (Wildman–Crippen LogP) is 1.12. The maximum Gasteiger partial charge on any atom is 0.329 e. The highest BCUT2D eigenvalue weighted by Crippen LogP contribution is 2.46. The standard InChI is InChI=1S/C15H20N2O4S/c1-10-13(17-4-6-21-7-5-17)12(9-16)8-15(22-10,11(2)18)14(19)20-3/h10H,4-8H2,1-3H3. The second-order valence-corrected chi connectivity index (χ2v) is 7.03. The van der Waals surface area contributed by atoms with E-state index in [9.17, 15) is 14.9 Å². The molecule has 0 spiro atoms. The van der Waals surface area contributed by atoms with Gasteiger partial charge in [0.05, 0.1) is 32.0 Å². The Morgan fingerprint density at radius 2 is 2.09 bits per heavy atom. The van der Waals surface area contributed by atoms with Crippen LogP contribution in [-0.4, -0.2) is 60.1 Å². The Labute approximate surface area is 134 Å². The minimum absolute atomic E-state index is 0.0905. The van der Waals surface area contributed by atoms with Crippen molar-refractivity contribution in [1.82, 2.24) is 4.90 Å². The Morgan fingerprint density at radius 1 is 1.45 bits per heavy atom. The van der Waals surface area contributed by atoms with E-state index in [4.69, 9.17) is 9.47 Å². The van der Waals surface area contributed by atoms with Gasteiger partial charge in [-0.25, -0.2) is 0 Å². The van der Waals surface area contributed by atoms with Gasteiger partial charge in [0, 0.05) is 30.5 Å². The number of allylic oxidation sites excluding steroid dienone is 1. The van der Waals surface area contributed by atoms with Crippen LogP contribution in [0.1, 0.15) is 20.3 Å². The van der Waals surface area contributed by atoms with E-state index in [1.165, 1.54) is 25.8 Å². The van der Waals surface area contributed by atoms with Crippen LogP contribution in [0.4, 0.5) is 0 Å². The van der Waals surface area contributed by atoms with Gasteiger partial charge in [-0.05, 0) is 13.8 Å². The zero-order valence-corrected chi connectivity index (χ0v) is 13.9. The molecule has 0 radical (unpaired) electrons. The van der Waals surface area contributed by atoms with Gasteiger partial charge in [-0.15, -0.1) is 11.8 Å². The lowest BCUT2D eigenvalue weighted by Crippen LogP contribution is -2.49. The van der Waals surface area contributed by atoms with E-state index >= 15 is 0 Å². The molecule has 2 aliphatic rings. The number of carbonyl (C=O) groups excluding carboxylic acids is 2. The number of hydrogen-bond donors (Lipinski definition) is 0. The van der Waals surface area contributed by atoms with E-state index < -0.39 is 10.7 Å². The van der Waals surface area contributed by atoms with Gasteiger partial charge < -0.3 is 14.4 Å². The van der Waals surface area contributed by atoms with Gasteiger partial charge in [-0.2, -0.15) is 5.26 Å². The molecule has 7 heteroatoms. The summed E-state index contributed by atoms with van der Waals surface area (Å²) in [5, 5.41) is 9.41. The van der Waals surface area contributed by atoms with E-state index in [0.29, 0.717) is 18.8 Å². The van der Waals surface area contributed by atoms with Gasteiger partial charge in [-0.3, -0.25) is 9.59 Å². The van der Waals surface area contributed by atoms with Crippen molar-refractivity contribution in [2.45, 2.75) is 30.3 Å². The smallest absolute Gasteiger partial charge is 0.329 e. The molecule has 2 heterocycles. The molecular formula is C15H20N2O4S. The highest BCUT2D eigenvalue weighted by atomic mass is 32.2. The van der Waals surface area contributed by atoms with Crippen LogP contribution < -0.4 is 0 Å². The summed E-state index contributed by atoms with van der Waals surface area (Å²) in [5.41, 5.74) is 1.41. The maximum atomic E-state index is 12.2. The molecule has 0 N–H and O–H groups in total. The molecule has 0 aromatic heterocycles. The number of ketones is 1. The molecule has 2 rings (SSSR count). The lowest BCUT2D eigenvalue weighted by molar-refractivity contribution is -0.146. The first-order valence-corrected chi connectivity index (χ1v) is 8.07. The first-order valence-electron chi connectivity index (χ1n) is 7.19. The van der Waals surface area contributed by atoms with Crippen molar-refractivity contribution in [3.8, 4) is 6.07 Å². The summed E-state index contributed by atoms with van der Waals surface area (Å²) in [6.45, 7) is 5.98. The third-order valence-electron chi connectivity index (χ3n) is 4.07. The van der Waals surface area contributed by atoms with Gasteiger partial charge in [-0.1, -0.05) is 0 Å². The Morgan fingerprint density at radius 3 is 2.59 bits per heavy atom. The van der Waals surface area contributed by atoms with Crippen LogP contribution in [0.15, 0.2) is 11.3 Å². The van der Waals surface area contributed by atoms with Crippen molar-refractivity contribution in [3.63, 3.8) is 0 Å². The summed E-state index contributed by atoms with van der Waals surface area (Å²) in [6, 6.07) is 2.19. The number of methoxy groups -OCH3 is 1. The summed E-state index contributed by atoms with van der Waals surface area (Å²) < 4.78 is 8.87. The predicted molar refractivity (Wildman–Crippen MR) is 82.1 cm³/mol. The average molecular weight is 324 g/mol. The molecule has 6 nitrogen and oxygen atoms in total. The van der Waals surface area contributed by atoms with Crippen LogP contribution in [-0.2, 0) is 19.1 Å². The van der Waals surface area contributed by atoms with E-state index in [0.717, 1.165) is 18.8 Å². The molecule has 0 aliphatic carbocycles. The molecule has 1 saturated heterocycles. The van der Waals surface area contributed by atoms with E-state index in [1.807, 2.05) is 6.92 Å². The molecule has 2 unspecified atom stereocenters. The molecule has 0 aromatic rings. The van der Waals surface area contributed by atoms with Gasteiger partial charge in [0.1, 0.15) is 0 Å². The number of hydrogen-bond acceptors (Lipinski definition) is 7. The fraction of sp³-hybridized carbons (Fsp3) is 0.667. The van der Waals surface area contributed by atoms with Crippen LogP contribution in [0.3, 0.4) is 0 Å². The van der Waals surface area contributed by atoms with Crippen molar-refractivity contribution in [2.75, 3.05) is 33.4 Å². The van der Waals surface area contributed by atoms with Gasteiger partial charge in [0.15, 0.2) is 10.5 Å². The molecule has 0 amide bonds. The van der Waals surface area contributed by atoms with Crippen molar-refractivity contribution in [1.29, 1.82) is 5.26 Å². The number of morpholine rings is 1. The third-order valence-corrected chi connectivity index (χ3v) is 5.65. The topological polar surface area (TPSA) is 79.6 Å². The minimum Gasteiger partial charge on any atom is -0.468 e. The second kappa shape index (κ2) is 6.71. The highest BCUT2D eigenvalue weighted by Gasteiger charge is 2.51. The number of Topliss-reactive ketones (excluding diaryl/α,β-unsaturated/α-hetero) is 1. The Bertz CT molecular complexity index is 548. The molecule has 0 saturated carbocycles. The van der Waals surface area contributed by atoms with Crippen molar-refractivity contribution >= 4 is 23.5 Å². The molecule has 1 fully saturated rings. The van der Waals surface area contributed by atoms with Gasteiger partial charge in [0.25, 0.3) is 0 Å². The Hall–Kier alpha value is -1.52. The Kier molecular flexibility index (Phi) is 5.14. The van der Waals surface area contributed by atoms with Crippen LogP contribution in [0.25, 0.3) is 0 Å². The second-order valence-electron chi connectivity index (χ2n) is 5.39. The molecule has 0 bridgehead atoms. The lowest BCUT2D eigenvalue weighted by atomic mass is 9.92. The number of nitriles is 1. The zero-order valence-electron chi connectivity index (χ0n) is 13.0. The number of thioether (sulfide) groups is 1. The Balaban J connectivity index is 2.42. The number of ether oxygens (including phenoxy) is 2. The van der Waals surface area contributed by atoms with Crippen molar-refractivity contribution in [3.05, 3.63) is 11.3 Å². The number of nitrogens with zero attached hydrogens (tertiary/aromatic N) is 2. The largest absolute Gasteiger partial charge is 0.468 e. The normalized spacial score (nSPS) is 29.0. The van der Waals surface area contributed by atoms with Crippen LogP contribution in [0.2, 0.25) is 0 Å². The number of esters is 1. The van der Waals surface area contributed by atoms with Gasteiger partial charge >= 0.3 is 5.97 Å². The first-order chi connectivity index (χ1) is 10.5. The molecule has 0 aromatic carbocycles. The number of rotatable bonds is 3. The zero-order chi connectivity index (χ0) is 16.3. The van der Waals surface area contributed by atoms with E-state index in [2.05, 4.69) is 11.0 Å². The van der Waals surface area contributed by atoms with E-state index in [1.54, 1.807) is 0 Å². The maximum absolute atomic E-state index is 12.2. The van der Waals surface area contributed by atoms with Gasteiger partial charge in [0.2, 0.25) is 0 Å². The summed E-state index contributed by atoms with van der Waals surface area (Å²) >= 11 is 1.28. The monoisotopic (exact) mass is 324 g/mol. The highest BCUT2D eigenvalue weighted by molar-refractivity contribution is 8.03. The molecule has 2 atom stereocenters. The first kappa shape index (κ1) is 16.8. The van der Waals surface area contributed by atoms with E-state index in [-0.39, 0.29) is 17.5 Å². The van der Waals surface area contributed by atoms with Crippen LogP contribution >= 0.6 is 11.8 Å². The van der Waals surface area contributed by atoms with Crippen molar-refractivity contribution in [2.24, 2.45) is 0 Å². The molecular weight excluding hydrogens is 304 g/mol. The summed E-state index contributed by atoms with van der Waals surface area (Å²) in [5.74, 6) is -0.851. The van der Waals surface area contributed by atoms with Crippen LogP contribution in [0.5, 0.6) is 0 Å². The third kappa shape index (κ3) is 2.85. The molecule has 22 heavy (non-hydrogen) atoms. The fourth-order valence-electron chi connectivity index (χ4n) is 2.97. The molecule has 120 valence electrons. The van der Waals surface area contributed by atoms with Crippen LogP contribution in [0, 0.1) is 11.3 Å². The average Bonchev–Trinajstić information content (AvgIpc) is 2.53. The quantitative estimate of drug-likeness (QED) is 0.568. The summed E-state index contributed by atoms with van der Waals surface area (Å²) in [7, 11) is 1.27.